The molecule has 114 valence electrons. The van der Waals surface area contributed by atoms with Gasteiger partial charge < -0.3 is 19.9 Å². The Kier molecular flexibility index (Phi) is 8.07. The van der Waals surface area contributed by atoms with Gasteiger partial charge in [-0.05, 0) is 44.0 Å². The molecule has 0 spiro atoms. The van der Waals surface area contributed by atoms with Crippen molar-refractivity contribution < 1.29 is 14.6 Å². The summed E-state index contributed by atoms with van der Waals surface area (Å²) in [6, 6.07) is 6.12. The number of rotatable bonds is 10. The lowest BCUT2D eigenvalue weighted by atomic mass is 10.0. The molecule has 1 unspecified atom stereocenters. The lowest BCUT2D eigenvalue weighted by molar-refractivity contribution is 0.263. The van der Waals surface area contributed by atoms with E-state index >= 15 is 0 Å². The van der Waals surface area contributed by atoms with Gasteiger partial charge in [-0.25, -0.2) is 0 Å². The largest absolute Gasteiger partial charge is 0.490 e. The van der Waals surface area contributed by atoms with Crippen LogP contribution in [0.4, 0.5) is 0 Å². The maximum atomic E-state index is 9.11. The summed E-state index contributed by atoms with van der Waals surface area (Å²) in [7, 11) is 1.90. The molecule has 1 rings (SSSR count). The number of nitrogens with one attached hydrogen (secondary N) is 1. The van der Waals surface area contributed by atoms with Gasteiger partial charge in [0.25, 0.3) is 0 Å². The van der Waals surface area contributed by atoms with Crippen LogP contribution in [0, 0.1) is 0 Å². The van der Waals surface area contributed by atoms with Crippen LogP contribution in [0.5, 0.6) is 11.5 Å². The van der Waals surface area contributed by atoms with Crippen LogP contribution in [0.15, 0.2) is 18.2 Å². The predicted octanol–water partition coefficient (Wildman–Crippen LogP) is 2.91. The minimum Gasteiger partial charge on any atom is -0.490 e. The van der Waals surface area contributed by atoms with Crippen molar-refractivity contribution in [2.24, 2.45) is 0 Å². The standard InChI is InChI=1S/C16H27NO3/c1-4-10-19-15-7-6-13(14(17-3)8-9-18)12-16(15)20-11-5-2/h6-7,12,14,17-18H,4-5,8-11H2,1-3H3. The quantitative estimate of drug-likeness (QED) is 0.692. The Balaban J connectivity index is 2.92. The Morgan fingerprint density at radius 2 is 1.75 bits per heavy atom. The van der Waals surface area contributed by atoms with E-state index in [4.69, 9.17) is 14.6 Å². The molecule has 4 nitrogen and oxygen atoms in total. The van der Waals surface area contributed by atoms with Crippen molar-refractivity contribution in [3.63, 3.8) is 0 Å². The number of hydrogen-bond donors (Lipinski definition) is 2. The lowest BCUT2D eigenvalue weighted by Gasteiger charge is -2.18. The van der Waals surface area contributed by atoms with Crippen molar-refractivity contribution in [3.8, 4) is 11.5 Å². The summed E-state index contributed by atoms with van der Waals surface area (Å²) in [4.78, 5) is 0. The Morgan fingerprint density at radius 1 is 1.10 bits per heavy atom. The number of hydrogen-bond acceptors (Lipinski definition) is 4. The minimum atomic E-state index is 0.129. The molecule has 0 saturated carbocycles. The molecular formula is C16H27NO3. The van der Waals surface area contributed by atoms with E-state index in [2.05, 4.69) is 19.2 Å². The number of aliphatic hydroxyl groups is 1. The highest BCUT2D eigenvalue weighted by Crippen LogP contribution is 2.31. The topological polar surface area (TPSA) is 50.7 Å². The van der Waals surface area contributed by atoms with E-state index in [0.29, 0.717) is 19.6 Å². The van der Waals surface area contributed by atoms with Crippen molar-refractivity contribution in [2.75, 3.05) is 26.9 Å². The van der Waals surface area contributed by atoms with Gasteiger partial charge in [-0.1, -0.05) is 19.9 Å². The predicted molar refractivity (Wildman–Crippen MR) is 81.5 cm³/mol. The highest BCUT2D eigenvalue weighted by Gasteiger charge is 2.13. The van der Waals surface area contributed by atoms with Crippen LogP contribution in [0.25, 0.3) is 0 Å². The SMILES string of the molecule is CCCOc1ccc(C(CCO)NC)cc1OCCC. The van der Waals surface area contributed by atoms with Crippen molar-refractivity contribution in [1.82, 2.24) is 5.32 Å². The molecule has 0 amide bonds. The fourth-order valence-electron chi connectivity index (χ4n) is 2.00. The van der Waals surface area contributed by atoms with Crippen molar-refractivity contribution in [3.05, 3.63) is 23.8 Å². The molecule has 20 heavy (non-hydrogen) atoms. The summed E-state index contributed by atoms with van der Waals surface area (Å²) in [5, 5.41) is 12.3. The molecule has 0 heterocycles. The minimum absolute atomic E-state index is 0.129. The molecule has 0 aliphatic heterocycles. The van der Waals surface area contributed by atoms with Crippen LogP contribution < -0.4 is 14.8 Å². The van der Waals surface area contributed by atoms with Crippen LogP contribution in [-0.2, 0) is 0 Å². The van der Waals surface area contributed by atoms with E-state index in [-0.39, 0.29) is 12.6 Å². The van der Waals surface area contributed by atoms with E-state index in [1.807, 2.05) is 25.2 Å². The first-order valence-electron chi connectivity index (χ1n) is 7.44. The third-order valence-corrected chi connectivity index (χ3v) is 3.06. The van der Waals surface area contributed by atoms with E-state index in [1.165, 1.54) is 0 Å². The summed E-state index contributed by atoms with van der Waals surface area (Å²) >= 11 is 0. The maximum absolute atomic E-state index is 9.11. The third-order valence-electron chi connectivity index (χ3n) is 3.06. The molecule has 1 aromatic rings. The normalized spacial score (nSPS) is 12.2. The van der Waals surface area contributed by atoms with E-state index < -0.39 is 0 Å². The molecule has 1 atom stereocenters. The first-order chi connectivity index (χ1) is 9.76. The highest BCUT2D eigenvalue weighted by atomic mass is 16.5. The molecule has 0 radical (unpaired) electrons. The Morgan fingerprint density at radius 3 is 2.30 bits per heavy atom. The summed E-state index contributed by atoms with van der Waals surface area (Å²) in [5.41, 5.74) is 1.11. The Hall–Kier alpha value is -1.26. The van der Waals surface area contributed by atoms with E-state index in [1.54, 1.807) is 0 Å². The van der Waals surface area contributed by atoms with Gasteiger partial charge in [-0.15, -0.1) is 0 Å². The second-order valence-electron chi connectivity index (χ2n) is 4.76. The first-order valence-corrected chi connectivity index (χ1v) is 7.44. The number of aliphatic hydroxyl groups excluding tert-OH is 1. The van der Waals surface area contributed by atoms with Gasteiger partial charge in [0.2, 0.25) is 0 Å². The van der Waals surface area contributed by atoms with Gasteiger partial charge in [-0.3, -0.25) is 0 Å². The van der Waals surface area contributed by atoms with Crippen LogP contribution in [-0.4, -0.2) is 32.0 Å². The van der Waals surface area contributed by atoms with Crippen molar-refractivity contribution in [2.45, 2.75) is 39.2 Å². The number of ether oxygens (including phenoxy) is 2. The van der Waals surface area contributed by atoms with Gasteiger partial charge in [0, 0.05) is 12.6 Å². The number of benzene rings is 1. The summed E-state index contributed by atoms with van der Waals surface area (Å²) in [6.07, 6.45) is 2.61. The fourth-order valence-corrected chi connectivity index (χ4v) is 2.00. The first kappa shape index (κ1) is 16.8. The molecular weight excluding hydrogens is 254 g/mol. The molecule has 0 aromatic heterocycles. The summed E-state index contributed by atoms with van der Waals surface area (Å²) in [5.74, 6) is 1.58. The molecule has 0 aliphatic carbocycles. The van der Waals surface area contributed by atoms with E-state index in [9.17, 15) is 0 Å². The zero-order valence-electron chi connectivity index (χ0n) is 12.8. The second kappa shape index (κ2) is 9.61. The summed E-state index contributed by atoms with van der Waals surface area (Å²) in [6.45, 7) is 5.69. The maximum Gasteiger partial charge on any atom is 0.161 e. The second-order valence-corrected chi connectivity index (χ2v) is 4.76. The van der Waals surface area contributed by atoms with Gasteiger partial charge in [0.05, 0.1) is 13.2 Å². The van der Waals surface area contributed by atoms with Crippen molar-refractivity contribution >= 4 is 0 Å². The molecule has 2 N–H and O–H groups in total. The average Bonchev–Trinajstić information content (AvgIpc) is 2.49. The Labute approximate surface area is 122 Å². The van der Waals surface area contributed by atoms with Crippen LogP contribution >= 0.6 is 0 Å². The third kappa shape index (κ3) is 5.02. The zero-order valence-corrected chi connectivity index (χ0v) is 12.8. The molecule has 0 fully saturated rings. The van der Waals surface area contributed by atoms with Gasteiger partial charge >= 0.3 is 0 Å². The van der Waals surface area contributed by atoms with Gasteiger partial charge in [-0.2, -0.15) is 0 Å². The van der Waals surface area contributed by atoms with E-state index in [0.717, 1.165) is 29.9 Å². The smallest absolute Gasteiger partial charge is 0.161 e. The lowest BCUT2D eigenvalue weighted by Crippen LogP contribution is -2.17. The van der Waals surface area contributed by atoms with Crippen LogP contribution in [0.2, 0.25) is 0 Å². The zero-order chi connectivity index (χ0) is 14.8. The molecule has 4 heteroatoms. The molecule has 0 bridgehead atoms. The van der Waals surface area contributed by atoms with Crippen LogP contribution in [0.3, 0.4) is 0 Å². The molecule has 1 aromatic carbocycles. The molecule has 0 aliphatic rings. The summed E-state index contributed by atoms with van der Waals surface area (Å²) < 4.78 is 11.5. The highest BCUT2D eigenvalue weighted by molar-refractivity contribution is 5.44. The van der Waals surface area contributed by atoms with Gasteiger partial charge in [0.15, 0.2) is 11.5 Å². The monoisotopic (exact) mass is 281 g/mol. The van der Waals surface area contributed by atoms with Crippen LogP contribution in [0.1, 0.15) is 44.7 Å². The Bertz CT molecular complexity index is 382. The van der Waals surface area contributed by atoms with Crippen molar-refractivity contribution in [1.29, 1.82) is 0 Å². The average molecular weight is 281 g/mol. The fraction of sp³-hybridized carbons (Fsp3) is 0.625. The molecule has 0 saturated heterocycles. The van der Waals surface area contributed by atoms with Gasteiger partial charge in [0.1, 0.15) is 0 Å².